The molecular weight excluding hydrogens is 258 g/mol. The number of aromatic nitrogens is 1. The van der Waals surface area contributed by atoms with Crippen LogP contribution in [0.5, 0.6) is 0 Å². The molecule has 0 bridgehead atoms. The van der Waals surface area contributed by atoms with Crippen LogP contribution >= 0.6 is 23.1 Å². The van der Waals surface area contributed by atoms with E-state index in [-0.39, 0.29) is 10.6 Å². The zero-order valence-electron chi connectivity index (χ0n) is 9.62. The second-order valence-electron chi connectivity index (χ2n) is 4.57. The third-order valence-corrected chi connectivity index (χ3v) is 4.32. The second-order valence-corrected chi connectivity index (χ2v) is 5.70. The number of halogens is 1. The maximum absolute atomic E-state index is 8.96. The van der Waals surface area contributed by atoms with Gasteiger partial charge in [-0.05, 0) is 29.8 Å². The first-order valence-corrected chi connectivity index (χ1v) is 6.67. The van der Waals surface area contributed by atoms with Crippen LogP contribution in [0.25, 0.3) is 0 Å². The molecule has 1 aromatic heterocycles. The molecule has 2 heterocycles. The molecule has 1 aromatic rings. The summed E-state index contributed by atoms with van der Waals surface area (Å²) < 4.78 is 9.33. The highest BCUT2D eigenvalue weighted by molar-refractivity contribution is 7.10. The Kier molecular flexibility index (Phi) is 3.87. The van der Waals surface area contributed by atoms with E-state index in [2.05, 4.69) is 22.7 Å². The van der Waals surface area contributed by atoms with Crippen LogP contribution in [0, 0.1) is 16.7 Å². The van der Waals surface area contributed by atoms with Crippen molar-refractivity contribution in [2.75, 3.05) is 25.1 Å². The number of nitriles is 1. The van der Waals surface area contributed by atoms with Gasteiger partial charge in [0.2, 0.25) is 0 Å². The van der Waals surface area contributed by atoms with Crippen LogP contribution < -0.4 is 5.32 Å². The Bertz CT molecular complexity index is 434. The lowest BCUT2D eigenvalue weighted by molar-refractivity contribution is 0.0300. The number of ether oxygens (including phenoxy) is 1. The fourth-order valence-corrected chi connectivity index (χ4v) is 2.75. The fraction of sp³-hybridized carbons (Fsp3) is 0.636. The van der Waals surface area contributed by atoms with Gasteiger partial charge in [0, 0.05) is 19.8 Å². The molecule has 1 aliphatic rings. The summed E-state index contributed by atoms with van der Waals surface area (Å²) in [5.41, 5.74) is 0.675. The van der Waals surface area contributed by atoms with Gasteiger partial charge in [-0.3, -0.25) is 0 Å². The summed E-state index contributed by atoms with van der Waals surface area (Å²) in [6.07, 6.45) is 2.07. The van der Waals surface area contributed by atoms with E-state index in [1.165, 1.54) is 11.5 Å². The topological polar surface area (TPSA) is 57.9 Å². The fourth-order valence-electron chi connectivity index (χ4n) is 1.82. The average Bonchev–Trinajstić information content (AvgIpc) is 2.68. The Morgan fingerprint density at radius 1 is 1.59 bits per heavy atom. The van der Waals surface area contributed by atoms with Gasteiger partial charge < -0.3 is 10.1 Å². The van der Waals surface area contributed by atoms with Crippen molar-refractivity contribution in [3.05, 3.63) is 10.7 Å². The van der Waals surface area contributed by atoms with E-state index in [0.717, 1.165) is 37.6 Å². The smallest absolute Gasteiger partial charge is 0.162 e. The van der Waals surface area contributed by atoms with E-state index in [1.807, 2.05) is 0 Å². The van der Waals surface area contributed by atoms with Gasteiger partial charge in [0.05, 0.1) is 0 Å². The van der Waals surface area contributed by atoms with Crippen molar-refractivity contribution in [3.63, 3.8) is 0 Å². The normalized spacial score (nSPS) is 18.6. The second kappa shape index (κ2) is 5.21. The lowest BCUT2D eigenvalue weighted by Gasteiger charge is -2.33. The van der Waals surface area contributed by atoms with Crippen molar-refractivity contribution >= 4 is 28.1 Å². The van der Waals surface area contributed by atoms with Gasteiger partial charge in [0.15, 0.2) is 5.15 Å². The van der Waals surface area contributed by atoms with Crippen LogP contribution in [0.2, 0.25) is 5.15 Å². The van der Waals surface area contributed by atoms with Gasteiger partial charge in [-0.25, -0.2) is 0 Å². The third-order valence-electron chi connectivity index (χ3n) is 3.14. The highest BCUT2D eigenvalue weighted by Crippen LogP contribution is 2.33. The summed E-state index contributed by atoms with van der Waals surface area (Å²) in [5.74, 6) is 0. The number of anilines is 1. The molecule has 1 aliphatic heterocycles. The molecule has 0 unspecified atom stereocenters. The first-order valence-electron chi connectivity index (χ1n) is 5.51. The Hall–Kier alpha value is -0.830. The van der Waals surface area contributed by atoms with Crippen molar-refractivity contribution in [2.24, 2.45) is 5.41 Å². The minimum absolute atomic E-state index is 0.224. The summed E-state index contributed by atoms with van der Waals surface area (Å²) in [6.45, 7) is 4.68. The average molecular weight is 272 g/mol. The molecule has 1 fully saturated rings. The molecule has 0 saturated carbocycles. The lowest BCUT2D eigenvalue weighted by Crippen LogP contribution is -2.33. The summed E-state index contributed by atoms with van der Waals surface area (Å²) in [6, 6.07) is 2.07. The van der Waals surface area contributed by atoms with Gasteiger partial charge in [-0.15, -0.1) is 0 Å². The summed E-state index contributed by atoms with van der Waals surface area (Å²) in [4.78, 5) is 0. The molecule has 0 atom stereocenters. The standard InChI is InChI=1S/C11H14ClN3OS/c1-11(2-4-16-5-3-11)7-14-10-8(6-13)9(12)15-17-10/h14H,2-5,7H2,1H3. The molecule has 1 N–H and O–H groups in total. The first-order chi connectivity index (χ1) is 8.14. The highest BCUT2D eigenvalue weighted by Gasteiger charge is 2.27. The molecule has 17 heavy (non-hydrogen) atoms. The Morgan fingerprint density at radius 2 is 2.29 bits per heavy atom. The van der Waals surface area contributed by atoms with E-state index in [4.69, 9.17) is 21.6 Å². The first kappa shape index (κ1) is 12.6. The monoisotopic (exact) mass is 271 g/mol. The number of nitrogens with zero attached hydrogens (tertiary/aromatic N) is 2. The third kappa shape index (κ3) is 2.89. The number of hydrogen-bond acceptors (Lipinski definition) is 5. The minimum Gasteiger partial charge on any atom is -0.381 e. The van der Waals surface area contributed by atoms with Crippen LogP contribution in [0.3, 0.4) is 0 Å². The number of hydrogen-bond donors (Lipinski definition) is 1. The maximum atomic E-state index is 8.96. The van der Waals surface area contributed by atoms with Gasteiger partial charge in [-0.1, -0.05) is 18.5 Å². The molecule has 92 valence electrons. The molecule has 0 aliphatic carbocycles. The summed E-state index contributed by atoms with van der Waals surface area (Å²) >= 11 is 7.06. The van der Waals surface area contributed by atoms with Gasteiger partial charge >= 0.3 is 0 Å². The number of nitrogens with one attached hydrogen (secondary N) is 1. The van der Waals surface area contributed by atoms with Crippen molar-refractivity contribution in [3.8, 4) is 6.07 Å². The zero-order chi connectivity index (χ0) is 12.3. The summed E-state index contributed by atoms with van der Waals surface area (Å²) in [7, 11) is 0. The number of rotatable bonds is 3. The zero-order valence-corrected chi connectivity index (χ0v) is 11.2. The Labute approximate surface area is 110 Å². The molecule has 1 saturated heterocycles. The van der Waals surface area contributed by atoms with Gasteiger partial charge in [0.25, 0.3) is 0 Å². The Balaban J connectivity index is 2.00. The minimum atomic E-state index is 0.224. The van der Waals surface area contributed by atoms with Crippen molar-refractivity contribution in [1.82, 2.24) is 4.37 Å². The SMILES string of the molecule is CC1(CNc2snc(Cl)c2C#N)CCOCC1. The molecule has 4 nitrogen and oxygen atoms in total. The summed E-state index contributed by atoms with van der Waals surface area (Å²) in [5, 5.41) is 13.3. The molecule has 6 heteroatoms. The van der Waals surface area contributed by atoms with Crippen molar-refractivity contribution in [1.29, 1.82) is 5.26 Å². The molecular formula is C11H14ClN3OS. The van der Waals surface area contributed by atoms with Crippen LogP contribution in [0.15, 0.2) is 0 Å². The van der Waals surface area contributed by atoms with Gasteiger partial charge in [-0.2, -0.15) is 9.64 Å². The van der Waals surface area contributed by atoms with E-state index in [9.17, 15) is 0 Å². The van der Waals surface area contributed by atoms with E-state index < -0.39 is 0 Å². The van der Waals surface area contributed by atoms with E-state index in [1.54, 1.807) is 0 Å². The van der Waals surface area contributed by atoms with Crippen LogP contribution in [-0.4, -0.2) is 24.1 Å². The van der Waals surface area contributed by atoms with E-state index in [0.29, 0.717) is 5.56 Å². The molecule has 0 spiro atoms. The highest BCUT2D eigenvalue weighted by atomic mass is 35.5. The van der Waals surface area contributed by atoms with Crippen LogP contribution in [0.1, 0.15) is 25.3 Å². The van der Waals surface area contributed by atoms with Crippen LogP contribution in [-0.2, 0) is 4.74 Å². The molecule has 0 aromatic carbocycles. The van der Waals surface area contributed by atoms with Crippen LogP contribution in [0.4, 0.5) is 5.00 Å². The maximum Gasteiger partial charge on any atom is 0.162 e. The van der Waals surface area contributed by atoms with Crippen molar-refractivity contribution < 1.29 is 4.74 Å². The largest absolute Gasteiger partial charge is 0.381 e. The quantitative estimate of drug-likeness (QED) is 0.918. The molecule has 0 radical (unpaired) electrons. The van der Waals surface area contributed by atoms with Crippen molar-refractivity contribution in [2.45, 2.75) is 19.8 Å². The molecule has 0 amide bonds. The molecule has 2 rings (SSSR count). The van der Waals surface area contributed by atoms with E-state index >= 15 is 0 Å². The van der Waals surface area contributed by atoms with Gasteiger partial charge in [0.1, 0.15) is 16.6 Å². The predicted octanol–water partition coefficient (Wildman–Crippen LogP) is 2.90. The lowest BCUT2D eigenvalue weighted by atomic mass is 9.82. The predicted molar refractivity (Wildman–Crippen MR) is 68.5 cm³/mol. The Morgan fingerprint density at radius 3 is 2.94 bits per heavy atom.